The number of hydrogen-bond donors (Lipinski definition) is 2. The first kappa shape index (κ1) is 14.5. The van der Waals surface area contributed by atoms with E-state index in [0.717, 1.165) is 17.7 Å². The fraction of sp³-hybridized carbons (Fsp3) is 0.267. The van der Waals surface area contributed by atoms with E-state index in [0.29, 0.717) is 17.4 Å². The predicted molar refractivity (Wildman–Crippen MR) is 83.3 cm³/mol. The molecule has 0 fully saturated rings. The number of thiazole rings is 1. The topological polar surface area (TPSA) is 80.3 Å². The Morgan fingerprint density at radius 3 is 3.00 bits per heavy atom. The van der Waals surface area contributed by atoms with Gasteiger partial charge in [-0.3, -0.25) is 9.59 Å². The molecule has 2 heterocycles. The molecule has 7 heteroatoms. The number of fused-ring (bicyclic) bond motifs is 1. The van der Waals surface area contributed by atoms with E-state index in [-0.39, 0.29) is 17.9 Å². The maximum Gasteiger partial charge on any atom is 0.270 e. The van der Waals surface area contributed by atoms with Gasteiger partial charge in [-0.05, 0) is 11.6 Å². The highest BCUT2D eigenvalue weighted by Gasteiger charge is 2.23. The number of nitrogens with zero attached hydrogens (tertiary/aromatic N) is 1. The van der Waals surface area contributed by atoms with Crippen LogP contribution in [0.25, 0.3) is 0 Å². The molecule has 0 radical (unpaired) electrons. The molecule has 1 atom stereocenters. The lowest BCUT2D eigenvalue weighted by Gasteiger charge is -2.11. The summed E-state index contributed by atoms with van der Waals surface area (Å²) in [6, 6.07) is 7.86. The second-order valence-corrected chi connectivity index (χ2v) is 5.84. The van der Waals surface area contributed by atoms with Gasteiger partial charge in [0.2, 0.25) is 5.91 Å². The molecule has 1 aliphatic rings. The monoisotopic (exact) mass is 317 g/mol. The third-order valence-corrected chi connectivity index (χ3v) is 3.98. The Morgan fingerprint density at radius 1 is 1.41 bits per heavy atom. The summed E-state index contributed by atoms with van der Waals surface area (Å²) in [6.07, 6.45) is 0.722. The van der Waals surface area contributed by atoms with Crippen LogP contribution in [-0.2, 0) is 11.2 Å². The molecule has 1 unspecified atom stereocenters. The van der Waals surface area contributed by atoms with Crippen molar-refractivity contribution in [2.75, 3.05) is 11.9 Å². The lowest BCUT2D eigenvalue weighted by Crippen LogP contribution is -2.34. The Kier molecular flexibility index (Phi) is 4.06. The summed E-state index contributed by atoms with van der Waals surface area (Å²) in [5, 5.41) is 7.40. The molecule has 3 rings (SSSR count). The van der Waals surface area contributed by atoms with Gasteiger partial charge in [0.15, 0.2) is 5.13 Å². The summed E-state index contributed by atoms with van der Waals surface area (Å²) in [5.41, 5.74) is 1.45. The second-order valence-electron chi connectivity index (χ2n) is 4.98. The van der Waals surface area contributed by atoms with Crippen LogP contribution in [0, 0.1) is 0 Å². The second kappa shape index (κ2) is 6.15. The normalized spacial score (nSPS) is 15.8. The fourth-order valence-electron chi connectivity index (χ4n) is 2.25. The Labute approximate surface area is 131 Å². The van der Waals surface area contributed by atoms with Crippen LogP contribution in [0.5, 0.6) is 5.75 Å². The number of anilines is 1. The van der Waals surface area contributed by atoms with E-state index in [1.807, 2.05) is 24.3 Å². The van der Waals surface area contributed by atoms with E-state index in [1.54, 1.807) is 5.38 Å². The number of benzene rings is 1. The third kappa shape index (κ3) is 3.25. The summed E-state index contributed by atoms with van der Waals surface area (Å²) >= 11 is 1.22. The van der Waals surface area contributed by atoms with Crippen LogP contribution in [0.3, 0.4) is 0 Å². The smallest absolute Gasteiger partial charge is 0.270 e. The van der Waals surface area contributed by atoms with Crippen molar-refractivity contribution in [1.82, 2.24) is 10.3 Å². The van der Waals surface area contributed by atoms with Gasteiger partial charge in [-0.1, -0.05) is 18.2 Å². The maximum absolute atomic E-state index is 12.0. The van der Waals surface area contributed by atoms with Crippen LogP contribution in [-0.4, -0.2) is 29.4 Å². The molecule has 0 saturated carbocycles. The van der Waals surface area contributed by atoms with Gasteiger partial charge in [-0.2, -0.15) is 0 Å². The molecule has 22 heavy (non-hydrogen) atoms. The van der Waals surface area contributed by atoms with Crippen LogP contribution < -0.4 is 15.4 Å². The van der Waals surface area contributed by atoms with Gasteiger partial charge >= 0.3 is 0 Å². The molecule has 1 aromatic heterocycles. The number of rotatable bonds is 4. The van der Waals surface area contributed by atoms with Crippen molar-refractivity contribution in [3.05, 3.63) is 40.9 Å². The first-order chi connectivity index (χ1) is 10.6. The van der Waals surface area contributed by atoms with Crippen molar-refractivity contribution in [2.24, 2.45) is 0 Å². The van der Waals surface area contributed by atoms with Crippen molar-refractivity contribution in [1.29, 1.82) is 0 Å². The van der Waals surface area contributed by atoms with E-state index >= 15 is 0 Å². The van der Waals surface area contributed by atoms with Crippen molar-refractivity contribution >= 4 is 28.3 Å². The number of carbonyl (C=O) groups excluding carboxylic acids is 2. The molecule has 2 amide bonds. The van der Waals surface area contributed by atoms with Crippen molar-refractivity contribution < 1.29 is 14.3 Å². The molecule has 1 aliphatic heterocycles. The molecule has 0 bridgehead atoms. The minimum Gasteiger partial charge on any atom is -0.488 e. The van der Waals surface area contributed by atoms with E-state index < -0.39 is 0 Å². The summed E-state index contributed by atoms with van der Waals surface area (Å²) in [4.78, 5) is 27.0. The summed E-state index contributed by atoms with van der Waals surface area (Å²) in [5.74, 6) is 0.397. The van der Waals surface area contributed by atoms with Crippen LogP contribution in [0.15, 0.2) is 29.6 Å². The van der Waals surface area contributed by atoms with Gasteiger partial charge in [-0.25, -0.2) is 4.98 Å². The average Bonchev–Trinajstić information content (AvgIpc) is 3.10. The SMILES string of the molecule is CC(=O)Nc1nc(C(=O)NCC2Cc3ccccc3O2)cs1. The molecule has 2 aromatic rings. The molecule has 114 valence electrons. The van der Waals surface area contributed by atoms with Crippen LogP contribution >= 0.6 is 11.3 Å². The van der Waals surface area contributed by atoms with Crippen LogP contribution in [0.2, 0.25) is 0 Å². The molecule has 6 nitrogen and oxygen atoms in total. The Hall–Kier alpha value is -2.41. The highest BCUT2D eigenvalue weighted by molar-refractivity contribution is 7.14. The highest BCUT2D eigenvalue weighted by Crippen LogP contribution is 2.27. The molecule has 2 N–H and O–H groups in total. The summed E-state index contributed by atoms with van der Waals surface area (Å²) in [6.45, 7) is 1.82. The average molecular weight is 317 g/mol. The zero-order valence-electron chi connectivity index (χ0n) is 12.0. The molecule has 1 aromatic carbocycles. The van der Waals surface area contributed by atoms with E-state index in [4.69, 9.17) is 4.74 Å². The van der Waals surface area contributed by atoms with Crippen LogP contribution in [0.4, 0.5) is 5.13 Å². The van der Waals surface area contributed by atoms with Crippen LogP contribution in [0.1, 0.15) is 23.0 Å². The minimum absolute atomic E-state index is 0.0604. The highest BCUT2D eigenvalue weighted by atomic mass is 32.1. The fourth-order valence-corrected chi connectivity index (χ4v) is 2.99. The molecule has 0 saturated heterocycles. The first-order valence-electron chi connectivity index (χ1n) is 6.87. The Balaban J connectivity index is 1.53. The Bertz CT molecular complexity index is 689. The number of hydrogen-bond acceptors (Lipinski definition) is 5. The van der Waals surface area contributed by atoms with Gasteiger partial charge in [0.25, 0.3) is 5.91 Å². The van der Waals surface area contributed by atoms with Gasteiger partial charge < -0.3 is 15.4 Å². The minimum atomic E-state index is -0.271. The van der Waals surface area contributed by atoms with E-state index in [2.05, 4.69) is 15.6 Å². The number of para-hydroxylation sites is 1. The number of ether oxygens (including phenoxy) is 1. The maximum atomic E-state index is 12.0. The summed E-state index contributed by atoms with van der Waals surface area (Å²) < 4.78 is 5.76. The lowest BCUT2D eigenvalue weighted by molar-refractivity contribution is -0.114. The number of amides is 2. The molecular formula is C15H15N3O3S. The molecule has 0 aliphatic carbocycles. The van der Waals surface area contributed by atoms with Crippen molar-refractivity contribution in [3.8, 4) is 5.75 Å². The standard InChI is InChI=1S/C15H15N3O3S/c1-9(19)17-15-18-12(8-22-15)14(20)16-7-11-6-10-4-2-3-5-13(10)21-11/h2-5,8,11H,6-7H2,1H3,(H,16,20)(H,17,18,19). The van der Waals surface area contributed by atoms with Crippen molar-refractivity contribution in [2.45, 2.75) is 19.4 Å². The van der Waals surface area contributed by atoms with Gasteiger partial charge in [0.05, 0.1) is 6.54 Å². The number of aromatic nitrogens is 1. The largest absolute Gasteiger partial charge is 0.488 e. The van der Waals surface area contributed by atoms with E-state index in [1.165, 1.54) is 18.3 Å². The predicted octanol–water partition coefficient (Wildman–Crippen LogP) is 1.83. The van der Waals surface area contributed by atoms with Gasteiger partial charge in [0.1, 0.15) is 17.5 Å². The lowest BCUT2D eigenvalue weighted by atomic mass is 10.1. The molecule has 0 spiro atoms. The zero-order chi connectivity index (χ0) is 15.5. The third-order valence-electron chi connectivity index (χ3n) is 3.22. The quantitative estimate of drug-likeness (QED) is 0.901. The van der Waals surface area contributed by atoms with Gasteiger partial charge in [0, 0.05) is 18.7 Å². The van der Waals surface area contributed by atoms with Crippen molar-refractivity contribution in [3.63, 3.8) is 0 Å². The van der Waals surface area contributed by atoms with Gasteiger partial charge in [-0.15, -0.1) is 11.3 Å². The summed E-state index contributed by atoms with van der Waals surface area (Å²) in [7, 11) is 0. The number of nitrogens with one attached hydrogen (secondary N) is 2. The van der Waals surface area contributed by atoms with E-state index in [9.17, 15) is 9.59 Å². The zero-order valence-corrected chi connectivity index (χ0v) is 12.8. The number of carbonyl (C=O) groups is 2. The Morgan fingerprint density at radius 2 is 2.23 bits per heavy atom. The molecular weight excluding hydrogens is 302 g/mol. The first-order valence-corrected chi connectivity index (χ1v) is 7.75.